The molecule has 0 atom stereocenters. The van der Waals surface area contributed by atoms with Crippen LogP contribution in [0.5, 0.6) is 0 Å². The molecule has 0 spiro atoms. The van der Waals surface area contributed by atoms with Crippen LogP contribution in [0.2, 0.25) is 0 Å². The van der Waals surface area contributed by atoms with Crippen molar-refractivity contribution in [2.24, 2.45) is 0 Å². The highest BCUT2D eigenvalue weighted by atomic mass is 16.5. The molecule has 1 saturated carbocycles. The van der Waals surface area contributed by atoms with E-state index in [1.807, 2.05) is 18.0 Å². The minimum absolute atomic E-state index is 0.101. The average molecular weight is 342 g/mol. The second-order valence-electron chi connectivity index (χ2n) is 7.28. The lowest BCUT2D eigenvalue weighted by molar-refractivity contribution is 0.0709. The second-order valence-corrected chi connectivity index (χ2v) is 7.28. The highest BCUT2D eigenvalue weighted by molar-refractivity contribution is 6.06. The lowest BCUT2D eigenvalue weighted by atomic mass is 10.0. The standard InChI is InChI=1S/C19H26N4O2/c1-3-4-15-17-14(19(24)23-9-7-13(20-2)8-10-23)11-16(12-5-6-12)21-18(17)25-22-15/h11-13,20H,3-10H2,1-2H3. The molecule has 1 saturated heterocycles. The highest BCUT2D eigenvalue weighted by Crippen LogP contribution is 2.40. The molecule has 6 heteroatoms. The van der Waals surface area contributed by atoms with Crippen molar-refractivity contribution in [2.75, 3.05) is 20.1 Å². The first-order valence-electron chi connectivity index (χ1n) is 9.47. The Balaban J connectivity index is 1.71. The molecule has 1 N–H and O–H groups in total. The Hall–Kier alpha value is -1.95. The van der Waals surface area contributed by atoms with E-state index in [4.69, 9.17) is 4.52 Å². The van der Waals surface area contributed by atoms with E-state index in [-0.39, 0.29) is 5.91 Å². The van der Waals surface area contributed by atoms with E-state index in [1.165, 1.54) is 0 Å². The number of piperidine rings is 1. The number of rotatable bonds is 5. The second kappa shape index (κ2) is 6.75. The Bertz CT molecular complexity index is 773. The number of carbonyl (C=O) groups is 1. The van der Waals surface area contributed by atoms with Gasteiger partial charge in [0, 0.05) is 30.7 Å². The molecule has 3 heterocycles. The van der Waals surface area contributed by atoms with E-state index < -0.39 is 0 Å². The van der Waals surface area contributed by atoms with E-state index >= 15 is 0 Å². The summed E-state index contributed by atoms with van der Waals surface area (Å²) in [6.45, 7) is 3.69. The van der Waals surface area contributed by atoms with Crippen molar-refractivity contribution in [3.8, 4) is 0 Å². The van der Waals surface area contributed by atoms with Crippen molar-refractivity contribution in [3.63, 3.8) is 0 Å². The van der Waals surface area contributed by atoms with Crippen LogP contribution in [0.4, 0.5) is 0 Å². The SMILES string of the molecule is CCCc1noc2nc(C3CC3)cc(C(=O)N3CCC(NC)CC3)c12. The molecule has 2 fully saturated rings. The minimum Gasteiger partial charge on any atom is -0.339 e. The van der Waals surface area contributed by atoms with Gasteiger partial charge in [-0.15, -0.1) is 0 Å². The molecule has 0 bridgehead atoms. The van der Waals surface area contributed by atoms with E-state index in [0.29, 0.717) is 17.7 Å². The fraction of sp³-hybridized carbons (Fsp3) is 0.632. The predicted molar refractivity (Wildman–Crippen MR) is 95.8 cm³/mol. The summed E-state index contributed by atoms with van der Waals surface area (Å²) in [5.74, 6) is 0.579. The molecule has 1 aliphatic carbocycles. The summed E-state index contributed by atoms with van der Waals surface area (Å²) >= 11 is 0. The summed E-state index contributed by atoms with van der Waals surface area (Å²) in [6.07, 6.45) is 6.06. The molecule has 2 aromatic rings. The predicted octanol–water partition coefficient (Wildman–Crippen LogP) is 2.88. The van der Waals surface area contributed by atoms with Gasteiger partial charge in [0.2, 0.25) is 0 Å². The fourth-order valence-corrected chi connectivity index (χ4v) is 3.74. The Morgan fingerprint density at radius 2 is 2.08 bits per heavy atom. The number of fused-ring (bicyclic) bond motifs is 1. The van der Waals surface area contributed by atoms with Crippen LogP contribution >= 0.6 is 0 Å². The molecule has 0 radical (unpaired) electrons. The molecule has 4 rings (SSSR count). The molecular weight excluding hydrogens is 316 g/mol. The van der Waals surface area contributed by atoms with Crippen LogP contribution in [0.15, 0.2) is 10.6 Å². The molecule has 0 unspecified atom stereocenters. The van der Waals surface area contributed by atoms with Crippen LogP contribution in [-0.4, -0.2) is 47.1 Å². The van der Waals surface area contributed by atoms with Crippen molar-refractivity contribution in [2.45, 2.75) is 57.4 Å². The summed E-state index contributed by atoms with van der Waals surface area (Å²) in [7, 11) is 1.99. The molecule has 25 heavy (non-hydrogen) atoms. The van der Waals surface area contributed by atoms with Crippen LogP contribution < -0.4 is 5.32 Å². The Morgan fingerprint density at radius 3 is 2.72 bits per heavy atom. The molecule has 0 aromatic carbocycles. The zero-order valence-corrected chi connectivity index (χ0v) is 15.0. The minimum atomic E-state index is 0.101. The Labute approximate surface area is 148 Å². The van der Waals surface area contributed by atoms with Gasteiger partial charge in [0.05, 0.1) is 16.6 Å². The normalized spacial score (nSPS) is 18.9. The Kier molecular flexibility index (Phi) is 4.46. The van der Waals surface area contributed by atoms with Crippen LogP contribution in [-0.2, 0) is 6.42 Å². The number of aryl methyl sites for hydroxylation is 1. The van der Waals surface area contributed by atoms with E-state index in [2.05, 4.69) is 22.4 Å². The topological polar surface area (TPSA) is 71.3 Å². The smallest absolute Gasteiger partial charge is 0.259 e. The third kappa shape index (κ3) is 3.15. The maximum absolute atomic E-state index is 13.3. The zero-order chi connectivity index (χ0) is 17.4. The summed E-state index contributed by atoms with van der Waals surface area (Å²) in [6, 6.07) is 2.51. The van der Waals surface area contributed by atoms with Crippen molar-refractivity contribution in [3.05, 3.63) is 23.0 Å². The molecule has 6 nitrogen and oxygen atoms in total. The van der Waals surface area contributed by atoms with Gasteiger partial charge in [-0.1, -0.05) is 18.5 Å². The monoisotopic (exact) mass is 342 g/mol. The molecule has 1 amide bonds. The van der Waals surface area contributed by atoms with Gasteiger partial charge in [-0.25, -0.2) is 4.98 Å². The lowest BCUT2D eigenvalue weighted by Crippen LogP contribution is -2.44. The van der Waals surface area contributed by atoms with Gasteiger partial charge in [-0.2, -0.15) is 0 Å². The third-order valence-corrected chi connectivity index (χ3v) is 5.44. The van der Waals surface area contributed by atoms with Gasteiger partial charge in [0.25, 0.3) is 11.6 Å². The molecular formula is C19H26N4O2. The maximum atomic E-state index is 13.3. The molecule has 134 valence electrons. The summed E-state index contributed by atoms with van der Waals surface area (Å²) in [5.41, 5.74) is 3.11. The van der Waals surface area contributed by atoms with Crippen molar-refractivity contribution < 1.29 is 9.32 Å². The molecule has 2 aliphatic rings. The van der Waals surface area contributed by atoms with E-state index in [0.717, 1.165) is 74.0 Å². The van der Waals surface area contributed by atoms with Gasteiger partial charge < -0.3 is 14.7 Å². The first-order chi connectivity index (χ1) is 12.2. The number of nitrogens with one attached hydrogen (secondary N) is 1. The van der Waals surface area contributed by atoms with Gasteiger partial charge >= 0.3 is 0 Å². The van der Waals surface area contributed by atoms with E-state index in [1.54, 1.807) is 0 Å². The summed E-state index contributed by atoms with van der Waals surface area (Å²) in [4.78, 5) is 19.9. The van der Waals surface area contributed by atoms with Crippen molar-refractivity contribution >= 4 is 17.0 Å². The van der Waals surface area contributed by atoms with Gasteiger partial charge in [-0.3, -0.25) is 4.79 Å². The van der Waals surface area contributed by atoms with Gasteiger partial charge in [-0.05, 0) is 45.2 Å². The van der Waals surface area contributed by atoms with Crippen molar-refractivity contribution in [1.29, 1.82) is 0 Å². The average Bonchev–Trinajstić information content (AvgIpc) is 3.43. The molecule has 1 aliphatic heterocycles. The number of hydrogen-bond donors (Lipinski definition) is 1. The number of pyridine rings is 1. The third-order valence-electron chi connectivity index (χ3n) is 5.44. The quantitative estimate of drug-likeness (QED) is 0.905. The summed E-state index contributed by atoms with van der Waals surface area (Å²) < 4.78 is 5.49. The van der Waals surface area contributed by atoms with Gasteiger partial charge in [0.1, 0.15) is 0 Å². The largest absolute Gasteiger partial charge is 0.339 e. The van der Waals surface area contributed by atoms with E-state index in [9.17, 15) is 4.79 Å². The number of hydrogen-bond acceptors (Lipinski definition) is 5. The lowest BCUT2D eigenvalue weighted by Gasteiger charge is -2.32. The fourth-order valence-electron chi connectivity index (χ4n) is 3.74. The van der Waals surface area contributed by atoms with Crippen LogP contribution in [0.25, 0.3) is 11.1 Å². The first kappa shape index (κ1) is 16.5. The summed E-state index contributed by atoms with van der Waals surface area (Å²) in [5, 5.41) is 8.34. The number of aromatic nitrogens is 2. The maximum Gasteiger partial charge on any atom is 0.259 e. The highest BCUT2D eigenvalue weighted by Gasteiger charge is 2.31. The Morgan fingerprint density at radius 1 is 1.32 bits per heavy atom. The van der Waals surface area contributed by atoms with Crippen LogP contribution in [0.1, 0.15) is 66.7 Å². The zero-order valence-electron chi connectivity index (χ0n) is 15.0. The van der Waals surface area contributed by atoms with Gasteiger partial charge in [0.15, 0.2) is 0 Å². The van der Waals surface area contributed by atoms with Crippen molar-refractivity contribution in [1.82, 2.24) is 20.4 Å². The van der Waals surface area contributed by atoms with Crippen LogP contribution in [0.3, 0.4) is 0 Å². The molecule has 2 aromatic heterocycles. The number of carbonyl (C=O) groups excluding carboxylic acids is 1. The first-order valence-corrected chi connectivity index (χ1v) is 9.47. The number of likely N-dealkylation sites (tertiary alicyclic amines) is 1. The van der Waals surface area contributed by atoms with Crippen LogP contribution in [0, 0.1) is 0 Å². The number of amides is 1. The number of nitrogens with zero attached hydrogens (tertiary/aromatic N) is 3.